The van der Waals surface area contributed by atoms with Gasteiger partial charge in [-0.1, -0.05) is 25.1 Å². The number of hydrogen-bond donors (Lipinski definition) is 1. The number of ether oxygens (including phenoxy) is 1. The lowest BCUT2D eigenvalue weighted by Crippen LogP contribution is -2.39. The van der Waals surface area contributed by atoms with Crippen LogP contribution in [0.25, 0.3) is 0 Å². The van der Waals surface area contributed by atoms with Crippen LogP contribution in [0.2, 0.25) is 0 Å². The highest BCUT2D eigenvalue weighted by molar-refractivity contribution is 5.77. The zero-order valence-corrected chi connectivity index (χ0v) is 10.8. The third-order valence-electron chi connectivity index (χ3n) is 3.25. The highest BCUT2D eigenvalue weighted by atomic mass is 16.5. The van der Waals surface area contributed by atoms with Crippen LogP contribution in [-0.4, -0.2) is 30.5 Å². The Kier molecular flexibility index (Phi) is 4.20. The Morgan fingerprint density at radius 3 is 3.00 bits per heavy atom. The highest BCUT2D eigenvalue weighted by Gasteiger charge is 2.28. The summed E-state index contributed by atoms with van der Waals surface area (Å²) in [4.78, 5) is 14.0. The number of benzene rings is 1. The van der Waals surface area contributed by atoms with Gasteiger partial charge in [-0.3, -0.25) is 4.79 Å². The molecule has 1 aromatic rings. The quantitative estimate of drug-likeness (QED) is 0.886. The van der Waals surface area contributed by atoms with Gasteiger partial charge in [0.2, 0.25) is 5.91 Å². The normalized spacial score (nSPS) is 18.8. The van der Waals surface area contributed by atoms with E-state index >= 15 is 0 Å². The molecule has 0 aliphatic carbocycles. The maximum Gasteiger partial charge on any atom is 0.223 e. The van der Waals surface area contributed by atoms with Crippen LogP contribution in [0.3, 0.4) is 0 Å². The third-order valence-corrected chi connectivity index (χ3v) is 3.25. The second-order valence-electron chi connectivity index (χ2n) is 4.47. The van der Waals surface area contributed by atoms with Gasteiger partial charge in [0.05, 0.1) is 12.6 Å². The molecule has 0 aromatic heterocycles. The Labute approximate surface area is 108 Å². The molecule has 98 valence electrons. The molecule has 0 saturated heterocycles. The molecule has 0 radical (unpaired) electrons. The fourth-order valence-corrected chi connectivity index (χ4v) is 2.38. The van der Waals surface area contributed by atoms with Crippen molar-refractivity contribution in [1.29, 1.82) is 0 Å². The molecule has 2 rings (SSSR count). The van der Waals surface area contributed by atoms with Gasteiger partial charge in [0.1, 0.15) is 12.4 Å². The Bertz CT molecular complexity index is 420. The number of amides is 1. The summed E-state index contributed by atoms with van der Waals surface area (Å²) in [6.45, 7) is 3.58. The van der Waals surface area contributed by atoms with Crippen molar-refractivity contribution in [3.8, 4) is 5.75 Å². The van der Waals surface area contributed by atoms with Gasteiger partial charge >= 0.3 is 0 Å². The maximum absolute atomic E-state index is 12.1. The molecular weight excluding hydrogens is 228 g/mol. The zero-order chi connectivity index (χ0) is 13.0. The van der Waals surface area contributed by atoms with Crippen molar-refractivity contribution >= 4 is 5.91 Å². The Morgan fingerprint density at radius 2 is 2.28 bits per heavy atom. The number of nitrogens with two attached hydrogens (primary N) is 1. The third kappa shape index (κ3) is 2.48. The molecule has 1 aromatic carbocycles. The molecule has 0 saturated carbocycles. The van der Waals surface area contributed by atoms with Crippen LogP contribution in [0.5, 0.6) is 5.75 Å². The Morgan fingerprint density at radius 1 is 1.50 bits per heavy atom. The minimum atomic E-state index is -0.0669. The van der Waals surface area contributed by atoms with Crippen LogP contribution in [0.1, 0.15) is 31.4 Å². The summed E-state index contributed by atoms with van der Waals surface area (Å²) in [5, 5.41) is 0. The SMILES string of the molecule is CCCC(=O)N1CCOc2ccccc2C1CN. The first-order valence-corrected chi connectivity index (χ1v) is 6.49. The van der Waals surface area contributed by atoms with Crippen molar-refractivity contribution in [2.75, 3.05) is 19.7 Å². The first-order valence-electron chi connectivity index (χ1n) is 6.49. The van der Waals surface area contributed by atoms with Gasteiger partial charge in [0.25, 0.3) is 0 Å². The summed E-state index contributed by atoms with van der Waals surface area (Å²) in [6.07, 6.45) is 1.42. The summed E-state index contributed by atoms with van der Waals surface area (Å²) < 4.78 is 5.69. The molecule has 1 atom stereocenters. The number of hydrogen-bond acceptors (Lipinski definition) is 3. The summed E-state index contributed by atoms with van der Waals surface area (Å²) in [5.41, 5.74) is 6.88. The minimum absolute atomic E-state index is 0.0669. The fraction of sp³-hybridized carbons (Fsp3) is 0.500. The fourth-order valence-electron chi connectivity index (χ4n) is 2.38. The van der Waals surface area contributed by atoms with E-state index in [1.54, 1.807) is 0 Å². The van der Waals surface area contributed by atoms with E-state index in [2.05, 4.69) is 0 Å². The molecule has 0 fully saturated rings. The number of nitrogens with zero attached hydrogens (tertiary/aromatic N) is 1. The molecule has 0 spiro atoms. The van der Waals surface area contributed by atoms with Gasteiger partial charge in [-0.25, -0.2) is 0 Å². The Hall–Kier alpha value is -1.55. The predicted molar refractivity (Wildman–Crippen MR) is 70.4 cm³/mol. The largest absolute Gasteiger partial charge is 0.491 e. The summed E-state index contributed by atoms with van der Waals surface area (Å²) in [7, 11) is 0. The minimum Gasteiger partial charge on any atom is -0.491 e. The standard InChI is InChI=1S/C14H20N2O2/c1-2-5-14(17)16-8-9-18-13-7-4-3-6-11(13)12(16)10-15/h3-4,6-7,12H,2,5,8-10,15H2,1H3. The van der Waals surface area contributed by atoms with Crippen LogP contribution in [0.15, 0.2) is 24.3 Å². The van der Waals surface area contributed by atoms with Crippen molar-refractivity contribution < 1.29 is 9.53 Å². The average Bonchev–Trinajstić information content (AvgIpc) is 2.57. The zero-order valence-electron chi connectivity index (χ0n) is 10.8. The van der Waals surface area contributed by atoms with E-state index in [0.717, 1.165) is 17.7 Å². The second-order valence-corrected chi connectivity index (χ2v) is 4.47. The van der Waals surface area contributed by atoms with Crippen molar-refractivity contribution in [1.82, 2.24) is 4.90 Å². The number of carbonyl (C=O) groups excluding carboxylic acids is 1. The van der Waals surface area contributed by atoms with E-state index in [-0.39, 0.29) is 11.9 Å². The van der Waals surface area contributed by atoms with E-state index < -0.39 is 0 Å². The van der Waals surface area contributed by atoms with Gasteiger partial charge in [-0.15, -0.1) is 0 Å². The number of carbonyl (C=O) groups is 1. The molecular formula is C14H20N2O2. The van der Waals surface area contributed by atoms with Gasteiger partial charge in [0, 0.05) is 18.5 Å². The number of para-hydroxylation sites is 1. The smallest absolute Gasteiger partial charge is 0.223 e. The lowest BCUT2D eigenvalue weighted by atomic mass is 10.0. The van der Waals surface area contributed by atoms with Crippen molar-refractivity contribution in [3.05, 3.63) is 29.8 Å². The molecule has 4 heteroatoms. The van der Waals surface area contributed by atoms with Crippen molar-refractivity contribution in [2.45, 2.75) is 25.8 Å². The van der Waals surface area contributed by atoms with E-state index in [9.17, 15) is 4.79 Å². The van der Waals surface area contributed by atoms with Gasteiger partial charge in [-0.2, -0.15) is 0 Å². The summed E-state index contributed by atoms with van der Waals surface area (Å²) in [5.74, 6) is 1.01. The lowest BCUT2D eigenvalue weighted by Gasteiger charge is -2.29. The number of fused-ring (bicyclic) bond motifs is 1. The molecule has 1 unspecified atom stereocenters. The molecule has 1 amide bonds. The summed E-state index contributed by atoms with van der Waals surface area (Å²) >= 11 is 0. The molecule has 1 aliphatic rings. The summed E-state index contributed by atoms with van der Waals surface area (Å²) in [6, 6.07) is 7.76. The first-order chi connectivity index (χ1) is 8.77. The van der Waals surface area contributed by atoms with Crippen LogP contribution in [0.4, 0.5) is 0 Å². The molecule has 0 bridgehead atoms. The van der Waals surface area contributed by atoms with Gasteiger partial charge in [0.15, 0.2) is 0 Å². The number of rotatable bonds is 3. The molecule has 2 N–H and O–H groups in total. The van der Waals surface area contributed by atoms with E-state index in [1.807, 2.05) is 36.1 Å². The van der Waals surface area contributed by atoms with Crippen LogP contribution >= 0.6 is 0 Å². The topological polar surface area (TPSA) is 55.6 Å². The first kappa shape index (κ1) is 12.9. The molecule has 1 heterocycles. The van der Waals surface area contributed by atoms with Crippen LogP contribution in [0, 0.1) is 0 Å². The van der Waals surface area contributed by atoms with Gasteiger partial charge in [-0.05, 0) is 12.5 Å². The van der Waals surface area contributed by atoms with E-state index in [1.165, 1.54) is 0 Å². The van der Waals surface area contributed by atoms with Gasteiger partial charge < -0.3 is 15.4 Å². The molecule has 1 aliphatic heterocycles. The van der Waals surface area contributed by atoms with Crippen LogP contribution in [-0.2, 0) is 4.79 Å². The molecule has 4 nitrogen and oxygen atoms in total. The van der Waals surface area contributed by atoms with E-state index in [4.69, 9.17) is 10.5 Å². The van der Waals surface area contributed by atoms with Crippen LogP contribution < -0.4 is 10.5 Å². The van der Waals surface area contributed by atoms with Crippen molar-refractivity contribution in [3.63, 3.8) is 0 Å². The predicted octanol–water partition coefficient (Wildman–Crippen LogP) is 1.71. The lowest BCUT2D eigenvalue weighted by molar-refractivity contribution is -0.133. The maximum atomic E-state index is 12.1. The highest BCUT2D eigenvalue weighted by Crippen LogP contribution is 2.31. The molecule has 18 heavy (non-hydrogen) atoms. The monoisotopic (exact) mass is 248 g/mol. The second kappa shape index (κ2) is 5.87. The average molecular weight is 248 g/mol. The van der Waals surface area contributed by atoms with Crippen molar-refractivity contribution in [2.24, 2.45) is 5.73 Å². The Balaban J connectivity index is 2.31. The van der Waals surface area contributed by atoms with E-state index in [0.29, 0.717) is 26.1 Å².